The zero-order chi connectivity index (χ0) is 11.7. The second-order valence-corrected chi connectivity index (χ2v) is 4.28. The highest BCUT2D eigenvalue weighted by atomic mass is 16.2. The predicted molar refractivity (Wildman–Crippen MR) is 61.3 cm³/mol. The summed E-state index contributed by atoms with van der Waals surface area (Å²) < 4.78 is 0. The Morgan fingerprint density at radius 1 is 1.12 bits per heavy atom. The summed E-state index contributed by atoms with van der Waals surface area (Å²) in [5.74, 6) is 0.0454. The van der Waals surface area contributed by atoms with Crippen molar-refractivity contribution in [3.8, 4) is 0 Å². The number of carbonyl (C=O) groups excluding carboxylic acids is 2. The van der Waals surface area contributed by atoms with Crippen molar-refractivity contribution >= 4 is 11.8 Å². The first kappa shape index (κ1) is 10.9. The Morgan fingerprint density at radius 2 is 1.62 bits per heavy atom. The lowest BCUT2D eigenvalue weighted by Crippen LogP contribution is -2.33. The average Bonchev–Trinajstić information content (AvgIpc) is 2.55. The van der Waals surface area contributed by atoms with Gasteiger partial charge in [0.25, 0.3) is 11.8 Å². The normalized spacial score (nSPS) is 16.5. The Hall–Kier alpha value is -1.64. The number of fused-ring (bicyclic) bond motifs is 1. The van der Waals surface area contributed by atoms with E-state index in [1.807, 2.05) is 6.92 Å². The Kier molecular flexibility index (Phi) is 2.77. The number of benzene rings is 1. The third-order valence-electron chi connectivity index (χ3n) is 3.07. The van der Waals surface area contributed by atoms with Gasteiger partial charge in [0, 0.05) is 6.54 Å². The van der Waals surface area contributed by atoms with Crippen molar-refractivity contribution in [2.45, 2.75) is 20.3 Å². The Bertz CT molecular complexity index is 404. The fraction of sp³-hybridized carbons (Fsp3) is 0.385. The minimum absolute atomic E-state index is 0.152. The van der Waals surface area contributed by atoms with Crippen LogP contribution in [0.15, 0.2) is 24.3 Å². The minimum Gasteiger partial charge on any atom is -0.274 e. The maximum atomic E-state index is 12.0. The van der Waals surface area contributed by atoms with Crippen LogP contribution in [0.2, 0.25) is 0 Å². The second kappa shape index (κ2) is 4.08. The summed E-state index contributed by atoms with van der Waals surface area (Å²) >= 11 is 0. The minimum atomic E-state index is -0.152. The van der Waals surface area contributed by atoms with E-state index in [9.17, 15) is 9.59 Å². The van der Waals surface area contributed by atoms with Crippen LogP contribution in [0, 0.1) is 5.92 Å². The van der Waals surface area contributed by atoms with Crippen molar-refractivity contribution in [3.63, 3.8) is 0 Å². The molecule has 0 radical (unpaired) electrons. The van der Waals surface area contributed by atoms with Gasteiger partial charge in [-0.1, -0.05) is 32.4 Å². The van der Waals surface area contributed by atoms with Crippen LogP contribution in [-0.2, 0) is 0 Å². The van der Waals surface area contributed by atoms with E-state index in [-0.39, 0.29) is 11.8 Å². The summed E-state index contributed by atoms with van der Waals surface area (Å²) in [5.41, 5.74) is 1.08. The molecular formula is C13H15NO2. The van der Waals surface area contributed by atoms with Crippen LogP contribution in [0.4, 0.5) is 0 Å². The lowest BCUT2D eigenvalue weighted by atomic mass is 10.1. The Balaban J connectivity index is 2.28. The molecule has 0 spiro atoms. The first-order chi connectivity index (χ1) is 7.65. The van der Waals surface area contributed by atoms with Gasteiger partial charge in [-0.05, 0) is 18.1 Å². The monoisotopic (exact) mass is 217 g/mol. The summed E-state index contributed by atoms with van der Waals surface area (Å²) in [5, 5.41) is 0. The van der Waals surface area contributed by atoms with Crippen LogP contribution in [0.3, 0.4) is 0 Å². The van der Waals surface area contributed by atoms with Gasteiger partial charge in [0.2, 0.25) is 0 Å². The first-order valence-corrected chi connectivity index (χ1v) is 5.60. The summed E-state index contributed by atoms with van der Waals surface area (Å²) in [6.07, 6.45) is 0.966. The molecule has 0 fully saturated rings. The van der Waals surface area contributed by atoms with Crippen molar-refractivity contribution in [2.24, 2.45) is 5.92 Å². The fourth-order valence-corrected chi connectivity index (χ4v) is 1.85. The van der Waals surface area contributed by atoms with Gasteiger partial charge in [0.15, 0.2) is 0 Å². The van der Waals surface area contributed by atoms with Gasteiger partial charge < -0.3 is 0 Å². The van der Waals surface area contributed by atoms with Gasteiger partial charge in [-0.3, -0.25) is 14.5 Å². The highest BCUT2D eigenvalue weighted by Gasteiger charge is 2.35. The summed E-state index contributed by atoms with van der Waals surface area (Å²) in [4.78, 5) is 25.3. The number of hydrogen-bond donors (Lipinski definition) is 0. The highest BCUT2D eigenvalue weighted by molar-refractivity contribution is 6.21. The third-order valence-corrected chi connectivity index (χ3v) is 3.07. The molecule has 16 heavy (non-hydrogen) atoms. The van der Waals surface area contributed by atoms with Gasteiger partial charge in [-0.2, -0.15) is 0 Å². The maximum absolute atomic E-state index is 12.0. The van der Waals surface area contributed by atoms with Gasteiger partial charge >= 0.3 is 0 Å². The van der Waals surface area contributed by atoms with E-state index in [2.05, 4.69) is 6.92 Å². The van der Waals surface area contributed by atoms with Crippen LogP contribution in [0.1, 0.15) is 41.0 Å². The smallest absolute Gasteiger partial charge is 0.261 e. The highest BCUT2D eigenvalue weighted by Crippen LogP contribution is 2.23. The van der Waals surface area contributed by atoms with E-state index in [0.29, 0.717) is 23.6 Å². The molecule has 1 aliphatic rings. The molecule has 0 unspecified atom stereocenters. The summed E-state index contributed by atoms with van der Waals surface area (Å²) in [6.45, 7) is 4.62. The molecule has 3 nitrogen and oxygen atoms in total. The number of nitrogens with zero attached hydrogens (tertiary/aromatic N) is 1. The molecule has 1 atom stereocenters. The van der Waals surface area contributed by atoms with E-state index in [1.54, 1.807) is 24.3 Å². The molecule has 1 aromatic rings. The molecule has 0 aromatic heterocycles. The summed E-state index contributed by atoms with van der Waals surface area (Å²) in [7, 11) is 0. The summed E-state index contributed by atoms with van der Waals surface area (Å²) in [6, 6.07) is 7.01. The zero-order valence-corrected chi connectivity index (χ0v) is 9.56. The van der Waals surface area contributed by atoms with Crippen molar-refractivity contribution in [2.75, 3.05) is 6.54 Å². The van der Waals surface area contributed by atoms with Gasteiger partial charge in [0.05, 0.1) is 11.1 Å². The van der Waals surface area contributed by atoms with E-state index in [4.69, 9.17) is 0 Å². The van der Waals surface area contributed by atoms with E-state index in [0.717, 1.165) is 6.42 Å². The molecule has 2 amide bonds. The molecule has 0 aliphatic carbocycles. The lowest BCUT2D eigenvalue weighted by Gasteiger charge is -2.17. The molecule has 1 aliphatic heterocycles. The van der Waals surface area contributed by atoms with Crippen LogP contribution < -0.4 is 0 Å². The lowest BCUT2D eigenvalue weighted by molar-refractivity contribution is 0.0631. The average molecular weight is 217 g/mol. The molecule has 84 valence electrons. The molecule has 2 rings (SSSR count). The zero-order valence-electron chi connectivity index (χ0n) is 9.56. The largest absolute Gasteiger partial charge is 0.274 e. The fourth-order valence-electron chi connectivity index (χ4n) is 1.85. The molecule has 0 N–H and O–H groups in total. The number of carbonyl (C=O) groups is 2. The van der Waals surface area contributed by atoms with E-state index < -0.39 is 0 Å². The number of rotatable bonds is 3. The third kappa shape index (κ3) is 1.62. The SMILES string of the molecule is CC[C@H](C)CN1C(=O)c2ccccc2C1=O. The standard InChI is InChI=1S/C13H15NO2/c1-3-9(2)8-14-12(15)10-6-4-5-7-11(10)13(14)16/h4-7,9H,3,8H2,1-2H3/t9-/m0/s1. The molecule has 3 heteroatoms. The van der Waals surface area contributed by atoms with Crippen molar-refractivity contribution in [1.82, 2.24) is 4.90 Å². The molecular weight excluding hydrogens is 202 g/mol. The van der Waals surface area contributed by atoms with Crippen LogP contribution >= 0.6 is 0 Å². The van der Waals surface area contributed by atoms with Crippen molar-refractivity contribution in [1.29, 1.82) is 0 Å². The number of amides is 2. The molecule has 1 aromatic carbocycles. The first-order valence-electron chi connectivity index (χ1n) is 5.60. The quantitative estimate of drug-likeness (QED) is 0.729. The van der Waals surface area contributed by atoms with Gasteiger partial charge in [-0.25, -0.2) is 0 Å². The van der Waals surface area contributed by atoms with Gasteiger partial charge in [0.1, 0.15) is 0 Å². The second-order valence-electron chi connectivity index (χ2n) is 4.28. The topological polar surface area (TPSA) is 37.4 Å². The Labute approximate surface area is 95.1 Å². The molecule has 1 heterocycles. The van der Waals surface area contributed by atoms with Crippen LogP contribution in [0.5, 0.6) is 0 Å². The van der Waals surface area contributed by atoms with Gasteiger partial charge in [-0.15, -0.1) is 0 Å². The predicted octanol–water partition coefficient (Wildman–Crippen LogP) is 2.33. The van der Waals surface area contributed by atoms with Crippen molar-refractivity contribution in [3.05, 3.63) is 35.4 Å². The van der Waals surface area contributed by atoms with E-state index in [1.165, 1.54) is 4.90 Å². The van der Waals surface area contributed by atoms with E-state index >= 15 is 0 Å². The Morgan fingerprint density at radius 3 is 2.06 bits per heavy atom. The molecule has 0 bridgehead atoms. The maximum Gasteiger partial charge on any atom is 0.261 e. The van der Waals surface area contributed by atoms with Crippen LogP contribution in [0.25, 0.3) is 0 Å². The number of imide groups is 1. The van der Waals surface area contributed by atoms with Crippen LogP contribution in [-0.4, -0.2) is 23.3 Å². The number of hydrogen-bond acceptors (Lipinski definition) is 2. The molecule has 0 saturated heterocycles. The van der Waals surface area contributed by atoms with Crippen molar-refractivity contribution < 1.29 is 9.59 Å². The molecule has 0 saturated carbocycles.